The molecule has 0 saturated carbocycles. The zero-order valence-corrected chi connectivity index (χ0v) is 11.5. The molecule has 5 nitrogen and oxygen atoms in total. The number of aromatic amines is 1. The summed E-state index contributed by atoms with van der Waals surface area (Å²) < 4.78 is 18.6. The number of carbonyl (C=O) groups is 1. The molecule has 21 heavy (non-hydrogen) atoms. The van der Waals surface area contributed by atoms with Crippen molar-refractivity contribution >= 4 is 5.91 Å². The molecule has 0 spiro atoms. The predicted molar refractivity (Wildman–Crippen MR) is 75.9 cm³/mol. The van der Waals surface area contributed by atoms with E-state index < -0.39 is 5.82 Å². The molecular weight excluding hydrogens is 275 g/mol. The Morgan fingerprint density at radius 3 is 2.81 bits per heavy atom. The van der Waals surface area contributed by atoms with Crippen LogP contribution in [-0.2, 0) is 0 Å². The largest absolute Gasteiger partial charge is 0.489 e. The summed E-state index contributed by atoms with van der Waals surface area (Å²) in [7, 11) is 1.59. The maximum Gasteiger partial charge on any atom is 0.253 e. The maximum atomic E-state index is 13.3. The second-order valence-corrected chi connectivity index (χ2v) is 4.45. The highest BCUT2D eigenvalue weighted by molar-refractivity contribution is 5.93. The zero-order valence-electron chi connectivity index (χ0n) is 11.5. The highest BCUT2D eigenvalue weighted by atomic mass is 19.1. The number of hydrogen-bond donors (Lipinski definition) is 1. The molecule has 0 unspecified atom stereocenters. The lowest BCUT2D eigenvalue weighted by molar-refractivity contribution is 0.0772. The molecule has 2 aromatic rings. The molecular formula is C15H15FN2O3. The van der Waals surface area contributed by atoms with E-state index in [4.69, 9.17) is 4.74 Å². The zero-order chi connectivity index (χ0) is 15.2. The third-order valence-electron chi connectivity index (χ3n) is 2.89. The van der Waals surface area contributed by atoms with Crippen LogP contribution in [0.2, 0.25) is 0 Å². The van der Waals surface area contributed by atoms with E-state index in [0.29, 0.717) is 5.56 Å². The molecule has 1 aromatic carbocycles. The number of rotatable bonds is 5. The number of halogens is 1. The Hall–Kier alpha value is -2.63. The number of H-pyrrole nitrogens is 1. The molecule has 1 N–H and O–H groups in total. The van der Waals surface area contributed by atoms with Crippen molar-refractivity contribution < 1.29 is 13.9 Å². The van der Waals surface area contributed by atoms with Crippen LogP contribution >= 0.6 is 0 Å². The van der Waals surface area contributed by atoms with Crippen LogP contribution in [0.25, 0.3) is 0 Å². The number of amides is 1. The minimum absolute atomic E-state index is 0.148. The van der Waals surface area contributed by atoms with Gasteiger partial charge in [0.2, 0.25) is 5.56 Å². The van der Waals surface area contributed by atoms with E-state index in [1.54, 1.807) is 19.2 Å². The van der Waals surface area contributed by atoms with Gasteiger partial charge in [-0.2, -0.15) is 0 Å². The highest BCUT2D eigenvalue weighted by Crippen LogP contribution is 2.15. The average molecular weight is 290 g/mol. The minimum atomic E-state index is -0.443. The molecule has 110 valence electrons. The number of nitrogens with zero attached hydrogens (tertiary/aromatic N) is 1. The van der Waals surface area contributed by atoms with Crippen LogP contribution < -0.4 is 10.3 Å². The summed E-state index contributed by atoms with van der Waals surface area (Å²) in [6.45, 7) is 0.437. The number of ether oxygens (including phenoxy) is 1. The van der Waals surface area contributed by atoms with Gasteiger partial charge in [-0.3, -0.25) is 9.59 Å². The molecule has 1 aromatic heterocycles. The summed E-state index contributed by atoms with van der Waals surface area (Å²) in [6.07, 6.45) is 1.42. The number of aromatic nitrogens is 1. The third kappa shape index (κ3) is 3.92. The Balaban J connectivity index is 1.90. The fourth-order valence-corrected chi connectivity index (χ4v) is 1.75. The van der Waals surface area contributed by atoms with Crippen molar-refractivity contribution in [2.75, 3.05) is 20.2 Å². The van der Waals surface area contributed by atoms with E-state index >= 15 is 0 Å². The van der Waals surface area contributed by atoms with Crippen LogP contribution in [0, 0.1) is 5.82 Å². The Morgan fingerprint density at radius 2 is 2.10 bits per heavy atom. The van der Waals surface area contributed by atoms with E-state index in [9.17, 15) is 14.0 Å². The molecule has 0 saturated heterocycles. The first-order chi connectivity index (χ1) is 10.1. The van der Waals surface area contributed by atoms with Gasteiger partial charge in [0.25, 0.3) is 5.91 Å². The normalized spacial score (nSPS) is 10.2. The van der Waals surface area contributed by atoms with Crippen LogP contribution in [0.4, 0.5) is 4.39 Å². The van der Waals surface area contributed by atoms with E-state index in [1.807, 2.05) is 0 Å². The van der Waals surface area contributed by atoms with Crippen LogP contribution in [0.1, 0.15) is 10.4 Å². The van der Waals surface area contributed by atoms with Crippen molar-refractivity contribution in [3.05, 3.63) is 64.3 Å². The Morgan fingerprint density at radius 1 is 1.33 bits per heavy atom. The van der Waals surface area contributed by atoms with E-state index in [0.717, 1.165) is 0 Å². The monoisotopic (exact) mass is 290 g/mol. The molecule has 0 fully saturated rings. The highest BCUT2D eigenvalue weighted by Gasteiger charge is 2.12. The molecule has 0 aliphatic heterocycles. The van der Waals surface area contributed by atoms with E-state index in [1.165, 1.54) is 35.4 Å². The molecule has 1 amide bonds. The SMILES string of the molecule is CN(CCOc1ccccc1F)C(=O)c1cc[nH]c(=O)c1. The Kier molecular flexibility index (Phi) is 4.71. The standard InChI is InChI=1S/C15H15FN2O3/c1-18(15(20)11-6-7-17-14(19)10-11)8-9-21-13-5-3-2-4-12(13)16/h2-7,10H,8-9H2,1H3,(H,17,19). The van der Waals surface area contributed by atoms with Gasteiger partial charge in [-0.25, -0.2) is 4.39 Å². The summed E-state index contributed by atoms with van der Waals surface area (Å²) in [4.78, 5) is 27.1. The van der Waals surface area contributed by atoms with Crippen molar-refractivity contribution in [2.24, 2.45) is 0 Å². The molecule has 0 aliphatic carbocycles. The smallest absolute Gasteiger partial charge is 0.253 e. The number of nitrogens with one attached hydrogen (secondary N) is 1. The fraction of sp³-hybridized carbons (Fsp3) is 0.200. The maximum absolute atomic E-state index is 13.3. The first kappa shape index (κ1) is 14.8. The summed E-state index contributed by atoms with van der Waals surface area (Å²) in [5, 5.41) is 0. The van der Waals surface area contributed by atoms with Crippen molar-refractivity contribution in [3.8, 4) is 5.75 Å². The van der Waals surface area contributed by atoms with Gasteiger partial charge in [0.1, 0.15) is 6.61 Å². The number of likely N-dealkylation sites (N-methyl/N-ethyl adjacent to an activating group) is 1. The molecule has 0 radical (unpaired) electrons. The topological polar surface area (TPSA) is 62.4 Å². The first-order valence-electron chi connectivity index (χ1n) is 6.39. The lowest BCUT2D eigenvalue weighted by Gasteiger charge is -2.17. The molecule has 0 aliphatic rings. The molecule has 0 atom stereocenters. The summed E-state index contributed by atoms with van der Waals surface area (Å²) in [5.41, 5.74) is -0.0380. The number of hydrogen-bond acceptors (Lipinski definition) is 3. The minimum Gasteiger partial charge on any atom is -0.489 e. The Labute approximate surface area is 121 Å². The predicted octanol–water partition coefficient (Wildman–Crippen LogP) is 1.66. The number of carbonyl (C=O) groups excluding carboxylic acids is 1. The van der Waals surface area contributed by atoms with Gasteiger partial charge in [0.15, 0.2) is 11.6 Å². The fourth-order valence-electron chi connectivity index (χ4n) is 1.75. The number of pyridine rings is 1. The first-order valence-corrected chi connectivity index (χ1v) is 6.39. The Bertz CT molecular complexity index is 684. The molecule has 0 bridgehead atoms. The van der Waals surface area contributed by atoms with Crippen molar-refractivity contribution in [1.82, 2.24) is 9.88 Å². The van der Waals surface area contributed by atoms with Crippen LogP contribution in [0.3, 0.4) is 0 Å². The lowest BCUT2D eigenvalue weighted by atomic mass is 10.2. The van der Waals surface area contributed by atoms with Gasteiger partial charge in [-0.1, -0.05) is 12.1 Å². The molecule has 2 rings (SSSR count). The van der Waals surface area contributed by atoms with E-state index in [-0.39, 0.29) is 30.4 Å². The van der Waals surface area contributed by atoms with Crippen LogP contribution in [-0.4, -0.2) is 36.0 Å². The van der Waals surface area contributed by atoms with Crippen LogP contribution in [0.15, 0.2) is 47.4 Å². The van der Waals surface area contributed by atoms with Crippen molar-refractivity contribution in [3.63, 3.8) is 0 Å². The van der Waals surface area contributed by atoms with E-state index in [2.05, 4.69) is 4.98 Å². The second kappa shape index (κ2) is 6.69. The van der Waals surface area contributed by atoms with Crippen molar-refractivity contribution in [1.29, 1.82) is 0 Å². The lowest BCUT2D eigenvalue weighted by Crippen LogP contribution is -2.31. The van der Waals surface area contributed by atoms with Gasteiger partial charge in [0, 0.05) is 24.9 Å². The summed E-state index contributed by atoms with van der Waals surface area (Å²) in [5.74, 6) is -0.589. The second-order valence-electron chi connectivity index (χ2n) is 4.45. The molecule has 6 heteroatoms. The quantitative estimate of drug-likeness (QED) is 0.911. The number of benzene rings is 1. The van der Waals surface area contributed by atoms with Gasteiger partial charge in [-0.15, -0.1) is 0 Å². The van der Waals surface area contributed by atoms with Gasteiger partial charge in [-0.05, 0) is 18.2 Å². The number of para-hydroxylation sites is 1. The van der Waals surface area contributed by atoms with Gasteiger partial charge >= 0.3 is 0 Å². The van der Waals surface area contributed by atoms with Gasteiger partial charge < -0.3 is 14.6 Å². The summed E-state index contributed by atoms with van der Waals surface area (Å²) >= 11 is 0. The molecule has 1 heterocycles. The van der Waals surface area contributed by atoms with Gasteiger partial charge in [0.05, 0.1) is 6.54 Å². The summed E-state index contributed by atoms with van der Waals surface area (Å²) in [6, 6.07) is 8.83. The third-order valence-corrected chi connectivity index (χ3v) is 2.89. The van der Waals surface area contributed by atoms with Crippen LogP contribution in [0.5, 0.6) is 5.75 Å². The van der Waals surface area contributed by atoms with Crippen molar-refractivity contribution in [2.45, 2.75) is 0 Å². The average Bonchev–Trinajstić information content (AvgIpc) is 2.48.